The number of aromatic nitrogens is 2. The summed E-state index contributed by atoms with van der Waals surface area (Å²) in [7, 11) is 0. The molecule has 1 aliphatic rings. The smallest absolute Gasteiger partial charge is 0.244 e. The third kappa shape index (κ3) is 3.46. The molecule has 0 aliphatic carbocycles. The Labute approximate surface area is 111 Å². The van der Waals surface area contributed by atoms with E-state index in [9.17, 15) is 9.59 Å². The molecule has 1 unspecified atom stereocenters. The first-order chi connectivity index (χ1) is 9.06. The molecular formula is C12H19N5O2. The Balaban J connectivity index is 1.82. The summed E-state index contributed by atoms with van der Waals surface area (Å²) < 4.78 is 1.44. The van der Waals surface area contributed by atoms with E-state index in [2.05, 4.69) is 10.4 Å². The van der Waals surface area contributed by atoms with Gasteiger partial charge in [-0.15, -0.1) is 0 Å². The summed E-state index contributed by atoms with van der Waals surface area (Å²) in [6, 6.07) is -0.501. The molecular weight excluding hydrogens is 246 g/mol. The number of hydrogen-bond acceptors (Lipinski definition) is 4. The van der Waals surface area contributed by atoms with Crippen molar-refractivity contribution in [1.82, 2.24) is 20.0 Å². The van der Waals surface area contributed by atoms with Crippen molar-refractivity contribution in [3.63, 3.8) is 0 Å². The molecule has 1 fully saturated rings. The highest BCUT2D eigenvalue weighted by Crippen LogP contribution is 2.08. The molecule has 2 heterocycles. The normalized spacial score (nSPS) is 16.4. The first-order valence-corrected chi connectivity index (χ1v) is 6.42. The van der Waals surface area contributed by atoms with Gasteiger partial charge < -0.3 is 16.0 Å². The molecule has 104 valence electrons. The lowest BCUT2D eigenvalue weighted by atomic mass is 10.3. The molecule has 7 heteroatoms. The Morgan fingerprint density at radius 3 is 2.74 bits per heavy atom. The highest BCUT2D eigenvalue weighted by Gasteiger charge is 2.24. The predicted molar refractivity (Wildman–Crippen MR) is 70.1 cm³/mol. The van der Waals surface area contributed by atoms with Crippen LogP contribution in [0.1, 0.15) is 19.8 Å². The zero-order valence-electron chi connectivity index (χ0n) is 11.0. The van der Waals surface area contributed by atoms with Gasteiger partial charge in [0.05, 0.1) is 11.9 Å². The van der Waals surface area contributed by atoms with E-state index in [1.807, 2.05) is 0 Å². The van der Waals surface area contributed by atoms with E-state index in [0.717, 1.165) is 25.9 Å². The van der Waals surface area contributed by atoms with Gasteiger partial charge in [-0.3, -0.25) is 14.3 Å². The van der Waals surface area contributed by atoms with E-state index in [0.29, 0.717) is 5.69 Å². The molecule has 0 spiro atoms. The number of amides is 2. The maximum atomic E-state index is 12.0. The quantitative estimate of drug-likeness (QED) is 0.774. The van der Waals surface area contributed by atoms with Gasteiger partial charge in [-0.2, -0.15) is 5.10 Å². The van der Waals surface area contributed by atoms with Crippen LogP contribution in [0.5, 0.6) is 0 Å². The number of carbonyl (C=O) groups excluding carboxylic acids is 2. The van der Waals surface area contributed by atoms with E-state index in [4.69, 9.17) is 5.73 Å². The zero-order valence-corrected chi connectivity index (χ0v) is 11.0. The fourth-order valence-corrected chi connectivity index (χ4v) is 2.17. The molecule has 1 aromatic rings. The lowest BCUT2D eigenvalue weighted by Crippen LogP contribution is -2.46. The molecule has 19 heavy (non-hydrogen) atoms. The second-order valence-corrected chi connectivity index (χ2v) is 4.79. The number of anilines is 1. The van der Waals surface area contributed by atoms with Crippen molar-refractivity contribution in [3.8, 4) is 0 Å². The maximum Gasteiger partial charge on any atom is 0.244 e. The van der Waals surface area contributed by atoms with Crippen molar-refractivity contribution in [2.24, 2.45) is 0 Å². The number of nitrogens with zero attached hydrogens (tertiary/aromatic N) is 3. The number of likely N-dealkylation sites (tertiary alicyclic amines) is 1. The van der Waals surface area contributed by atoms with Crippen molar-refractivity contribution in [3.05, 3.63) is 12.4 Å². The standard InChI is InChI=1S/C12H19N5O2/c1-9(12(19)16-4-2-3-5-16)15-11(18)8-17-7-10(13)6-14-17/h6-7,9H,2-5,8,13H2,1H3,(H,15,18). The van der Waals surface area contributed by atoms with Crippen LogP contribution in [0.25, 0.3) is 0 Å². The van der Waals surface area contributed by atoms with Crippen molar-refractivity contribution in [2.45, 2.75) is 32.4 Å². The SMILES string of the molecule is CC(NC(=O)Cn1cc(N)cn1)C(=O)N1CCCC1. The Morgan fingerprint density at radius 1 is 1.47 bits per heavy atom. The Kier molecular flexibility index (Phi) is 4.03. The van der Waals surface area contributed by atoms with Crippen LogP contribution in [0.3, 0.4) is 0 Å². The van der Waals surface area contributed by atoms with Crippen LogP contribution in [0, 0.1) is 0 Å². The van der Waals surface area contributed by atoms with Crippen molar-refractivity contribution in [2.75, 3.05) is 18.8 Å². The van der Waals surface area contributed by atoms with E-state index in [-0.39, 0.29) is 18.4 Å². The number of hydrogen-bond donors (Lipinski definition) is 2. The Hall–Kier alpha value is -2.05. The summed E-state index contributed by atoms with van der Waals surface area (Å²) in [4.78, 5) is 25.6. The molecule has 2 rings (SSSR count). The minimum atomic E-state index is -0.501. The van der Waals surface area contributed by atoms with Gasteiger partial charge in [-0.05, 0) is 19.8 Å². The Bertz CT molecular complexity index is 464. The fraction of sp³-hybridized carbons (Fsp3) is 0.583. The van der Waals surface area contributed by atoms with Gasteiger partial charge in [0.1, 0.15) is 12.6 Å². The third-order valence-electron chi connectivity index (χ3n) is 3.12. The molecule has 7 nitrogen and oxygen atoms in total. The number of rotatable bonds is 4. The molecule has 0 aromatic carbocycles. The highest BCUT2D eigenvalue weighted by atomic mass is 16.2. The summed E-state index contributed by atoms with van der Waals surface area (Å²) >= 11 is 0. The fourth-order valence-electron chi connectivity index (χ4n) is 2.17. The molecule has 3 N–H and O–H groups in total. The van der Waals surface area contributed by atoms with Crippen molar-refractivity contribution in [1.29, 1.82) is 0 Å². The topological polar surface area (TPSA) is 93.2 Å². The zero-order chi connectivity index (χ0) is 13.8. The van der Waals surface area contributed by atoms with E-state index in [1.165, 1.54) is 10.9 Å². The average Bonchev–Trinajstić information content (AvgIpc) is 2.99. The number of nitrogen functional groups attached to an aromatic ring is 1. The van der Waals surface area contributed by atoms with Crippen LogP contribution >= 0.6 is 0 Å². The Morgan fingerprint density at radius 2 is 2.16 bits per heavy atom. The van der Waals surface area contributed by atoms with E-state index >= 15 is 0 Å². The molecule has 0 bridgehead atoms. The van der Waals surface area contributed by atoms with E-state index < -0.39 is 6.04 Å². The van der Waals surface area contributed by atoms with Crippen LogP contribution in [0.2, 0.25) is 0 Å². The second-order valence-electron chi connectivity index (χ2n) is 4.79. The number of nitrogens with two attached hydrogens (primary N) is 1. The van der Waals surface area contributed by atoms with Gasteiger partial charge in [-0.25, -0.2) is 0 Å². The average molecular weight is 265 g/mol. The minimum Gasteiger partial charge on any atom is -0.396 e. The molecule has 0 radical (unpaired) electrons. The molecule has 1 saturated heterocycles. The summed E-state index contributed by atoms with van der Waals surface area (Å²) in [6.07, 6.45) is 5.14. The summed E-state index contributed by atoms with van der Waals surface area (Å²) in [6.45, 7) is 3.34. The van der Waals surface area contributed by atoms with Gasteiger partial charge in [0.2, 0.25) is 11.8 Å². The van der Waals surface area contributed by atoms with Crippen molar-refractivity contribution >= 4 is 17.5 Å². The molecule has 1 atom stereocenters. The maximum absolute atomic E-state index is 12.0. The van der Waals surface area contributed by atoms with Crippen LogP contribution in [0.4, 0.5) is 5.69 Å². The van der Waals surface area contributed by atoms with E-state index in [1.54, 1.807) is 18.0 Å². The van der Waals surface area contributed by atoms with Gasteiger partial charge >= 0.3 is 0 Å². The largest absolute Gasteiger partial charge is 0.396 e. The molecule has 1 aromatic heterocycles. The summed E-state index contributed by atoms with van der Waals surface area (Å²) in [5, 5.41) is 6.60. The summed E-state index contributed by atoms with van der Waals surface area (Å²) in [5.41, 5.74) is 6.02. The lowest BCUT2D eigenvalue weighted by molar-refractivity contribution is -0.135. The molecule has 0 saturated carbocycles. The van der Waals surface area contributed by atoms with Gasteiger partial charge in [0.15, 0.2) is 0 Å². The highest BCUT2D eigenvalue weighted by molar-refractivity contribution is 5.87. The number of carbonyl (C=O) groups is 2. The van der Waals surface area contributed by atoms with Gasteiger partial charge in [0.25, 0.3) is 0 Å². The van der Waals surface area contributed by atoms with Crippen LogP contribution in [-0.4, -0.2) is 45.6 Å². The number of nitrogens with one attached hydrogen (secondary N) is 1. The summed E-state index contributed by atoms with van der Waals surface area (Å²) in [5.74, 6) is -0.269. The van der Waals surface area contributed by atoms with Crippen LogP contribution < -0.4 is 11.1 Å². The van der Waals surface area contributed by atoms with Crippen molar-refractivity contribution < 1.29 is 9.59 Å². The van der Waals surface area contributed by atoms with Crippen LogP contribution in [0.15, 0.2) is 12.4 Å². The predicted octanol–water partition coefficient (Wildman–Crippen LogP) is -0.408. The molecule has 2 amide bonds. The lowest BCUT2D eigenvalue weighted by Gasteiger charge is -2.21. The first-order valence-electron chi connectivity index (χ1n) is 6.42. The second kappa shape index (κ2) is 5.73. The minimum absolute atomic E-state index is 0.0224. The van der Waals surface area contributed by atoms with Gasteiger partial charge in [0, 0.05) is 19.3 Å². The van der Waals surface area contributed by atoms with Gasteiger partial charge in [-0.1, -0.05) is 0 Å². The monoisotopic (exact) mass is 265 g/mol. The third-order valence-corrected chi connectivity index (χ3v) is 3.12. The molecule has 1 aliphatic heterocycles. The van der Waals surface area contributed by atoms with Crippen LogP contribution in [-0.2, 0) is 16.1 Å². The first kappa shape index (κ1) is 13.4.